The highest BCUT2D eigenvalue weighted by atomic mass is 28.2. The van der Waals surface area contributed by atoms with Crippen molar-refractivity contribution in [3.05, 3.63) is 0 Å². The maximum atomic E-state index is 9.21. The Balaban J connectivity index is 2.41. The molecule has 2 N–H and O–H groups in total. The second-order valence-electron chi connectivity index (χ2n) is 2.20. The van der Waals surface area contributed by atoms with Gasteiger partial charge in [0, 0.05) is 0 Å². The topological polar surface area (TPSA) is 58.9 Å². The molecule has 0 aromatic rings. The van der Waals surface area contributed by atoms with Crippen LogP contribution in [-0.4, -0.2) is 52.2 Å². The largest absolute Gasteiger partial charge is 0.411 e. The molecule has 0 spiro atoms. The smallest absolute Gasteiger partial charge is 0.246 e. The first-order valence-electron chi connectivity index (χ1n) is 3.02. The van der Waals surface area contributed by atoms with Crippen molar-refractivity contribution >= 4 is 10.5 Å². The maximum absolute atomic E-state index is 9.21. The standard InChI is InChI=1S/C5H9O4Si/c6-1-3-5(7)4(9-10)2-8-3/h3-7H,1-2H2/t3-,4-,5-/m1/s1. The summed E-state index contributed by atoms with van der Waals surface area (Å²) in [5, 5.41) is 17.8. The molecule has 10 heavy (non-hydrogen) atoms. The number of hydrogen-bond acceptors (Lipinski definition) is 4. The van der Waals surface area contributed by atoms with Crippen LogP contribution in [0.25, 0.3) is 0 Å². The monoisotopic (exact) mass is 161 g/mol. The van der Waals surface area contributed by atoms with E-state index in [0.717, 1.165) is 0 Å². The Morgan fingerprint density at radius 3 is 2.70 bits per heavy atom. The summed E-state index contributed by atoms with van der Waals surface area (Å²) in [5.41, 5.74) is 0. The van der Waals surface area contributed by atoms with Gasteiger partial charge in [0.25, 0.3) is 0 Å². The zero-order valence-electron chi connectivity index (χ0n) is 5.36. The van der Waals surface area contributed by atoms with E-state index >= 15 is 0 Å². The van der Waals surface area contributed by atoms with E-state index in [9.17, 15) is 5.11 Å². The van der Waals surface area contributed by atoms with Crippen LogP contribution in [0.5, 0.6) is 0 Å². The molecule has 3 atom stereocenters. The minimum atomic E-state index is -0.734. The van der Waals surface area contributed by atoms with Gasteiger partial charge in [-0.05, 0) is 0 Å². The third-order valence-electron chi connectivity index (χ3n) is 1.57. The molecular weight excluding hydrogens is 152 g/mol. The Morgan fingerprint density at radius 2 is 2.40 bits per heavy atom. The molecule has 57 valence electrons. The van der Waals surface area contributed by atoms with E-state index in [1.54, 1.807) is 0 Å². The fraction of sp³-hybridized carbons (Fsp3) is 1.00. The van der Waals surface area contributed by atoms with Gasteiger partial charge >= 0.3 is 0 Å². The highest BCUT2D eigenvalue weighted by Gasteiger charge is 2.34. The van der Waals surface area contributed by atoms with E-state index < -0.39 is 12.2 Å². The molecule has 1 aliphatic heterocycles. The van der Waals surface area contributed by atoms with Crippen molar-refractivity contribution < 1.29 is 19.4 Å². The molecule has 1 heterocycles. The number of aliphatic hydroxyl groups is 2. The highest BCUT2D eigenvalue weighted by molar-refractivity contribution is 5.98. The van der Waals surface area contributed by atoms with E-state index in [0.29, 0.717) is 6.61 Å². The number of ether oxygens (including phenoxy) is 1. The molecule has 4 nitrogen and oxygen atoms in total. The van der Waals surface area contributed by atoms with E-state index in [1.165, 1.54) is 0 Å². The Labute approximate surface area is 62.3 Å². The van der Waals surface area contributed by atoms with Crippen LogP contribution in [0.3, 0.4) is 0 Å². The summed E-state index contributed by atoms with van der Waals surface area (Å²) in [5.74, 6) is 0. The summed E-state index contributed by atoms with van der Waals surface area (Å²) in [6.45, 7) is 0.142. The van der Waals surface area contributed by atoms with Crippen LogP contribution in [-0.2, 0) is 9.16 Å². The van der Waals surface area contributed by atoms with Crippen LogP contribution in [0.15, 0.2) is 0 Å². The molecule has 3 radical (unpaired) electrons. The lowest BCUT2D eigenvalue weighted by Crippen LogP contribution is -2.33. The third-order valence-corrected chi connectivity index (χ3v) is 1.87. The Morgan fingerprint density at radius 1 is 1.70 bits per heavy atom. The first-order chi connectivity index (χ1) is 4.79. The summed E-state index contributed by atoms with van der Waals surface area (Å²) in [7, 11) is 2.80. The van der Waals surface area contributed by atoms with E-state index in [4.69, 9.17) is 9.84 Å². The van der Waals surface area contributed by atoms with E-state index in [2.05, 4.69) is 14.9 Å². The van der Waals surface area contributed by atoms with Crippen LogP contribution >= 0.6 is 0 Å². The fourth-order valence-corrected chi connectivity index (χ4v) is 1.13. The molecule has 1 aliphatic rings. The number of rotatable bonds is 2. The van der Waals surface area contributed by atoms with Crippen molar-refractivity contribution in [2.24, 2.45) is 0 Å². The number of hydrogen-bond donors (Lipinski definition) is 2. The van der Waals surface area contributed by atoms with Crippen molar-refractivity contribution in [3.63, 3.8) is 0 Å². The quantitative estimate of drug-likeness (QED) is 0.469. The van der Waals surface area contributed by atoms with Crippen molar-refractivity contribution in [3.8, 4) is 0 Å². The molecule has 0 aromatic heterocycles. The number of aliphatic hydroxyl groups excluding tert-OH is 2. The molecule has 0 amide bonds. The maximum Gasteiger partial charge on any atom is 0.246 e. The summed E-state index contributed by atoms with van der Waals surface area (Å²) in [6.07, 6.45) is -1.60. The molecule has 0 aliphatic carbocycles. The average Bonchev–Trinajstić information content (AvgIpc) is 2.30. The first-order valence-corrected chi connectivity index (χ1v) is 3.43. The molecule has 5 heteroatoms. The van der Waals surface area contributed by atoms with Gasteiger partial charge in [0.05, 0.1) is 19.3 Å². The SMILES string of the molecule is OC[C@H]1OC[C@@H](O[Si])[C@@H]1O. The molecule has 0 aromatic carbocycles. The van der Waals surface area contributed by atoms with Crippen molar-refractivity contribution in [1.29, 1.82) is 0 Å². The lowest BCUT2D eigenvalue weighted by atomic mass is 10.2. The van der Waals surface area contributed by atoms with Crippen molar-refractivity contribution in [2.45, 2.75) is 18.3 Å². The summed E-state index contributed by atoms with van der Waals surface area (Å²) < 4.78 is 9.64. The molecular formula is C5H9O4Si. The predicted molar refractivity (Wildman–Crippen MR) is 33.5 cm³/mol. The normalized spacial score (nSPS) is 40.5. The molecule has 1 saturated heterocycles. The summed E-state index contributed by atoms with van der Waals surface area (Å²) in [4.78, 5) is 0. The van der Waals surface area contributed by atoms with Crippen LogP contribution in [0.2, 0.25) is 0 Å². The summed E-state index contributed by atoms with van der Waals surface area (Å²) in [6, 6.07) is 0. The van der Waals surface area contributed by atoms with Gasteiger partial charge in [-0.25, -0.2) is 0 Å². The lowest BCUT2D eigenvalue weighted by Gasteiger charge is -2.13. The Kier molecular flexibility index (Phi) is 2.81. The highest BCUT2D eigenvalue weighted by Crippen LogP contribution is 2.15. The second-order valence-corrected chi connectivity index (χ2v) is 2.44. The Bertz CT molecular complexity index is 97.8. The second kappa shape index (κ2) is 3.45. The van der Waals surface area contributed by atoms with Crippen LogP contribution < -0.4 is 0 Å². The zero-order valence-corrected chi connectivity index (χ0v) is 6.36. The van der Waals surface area contributed by atoms with Gasteiger partial charge in [0.2, 0.25) is 10.5 Å². The van der Waals surface area contributed by atoms with E-state index in [1.807, 2.05) is 0 Å². The van der Waals surface area contributed by atoms with Gasteiger partial charge in [0.15, 0.2) is 0 Å². The van der Waals surface area contributed by atoms with Gasteiger partial charge in [-0.15, -0.1) is 0 Å². The van der Waals surface area contributed by atoms with Crippen LogP contribution in [0, 0.1) is 0 Å². The van der Waals surface area contributed by atoms with Gasteiger partial charge < -0.3 is 19.4 Å². The Hall–Kier alpha value is 0.0569. The van der Waals surface area contributed by atoms with Gasteiger partial charge in [-0.2, -0.15) is 0 Å². The lowest BCUT2D eigenvalue weighted by molar-refractivity contribution is -0.00271. The van der Waals surface area contributed by atoms with Gasteiger partial charge in [-0.3, -0.25) is 0 Å². The van der Waals surface area contributed by atoms with Gasteiger partial charge in [0.1, 0.15) is 12.2 Å². The van der Waals surface area contributed by atoms with E-state index in [-0.39, 0.29) is 12.7 Å². The minimum Gasteiger partial charge on any atom is -0.411 e. The van der Waals surface area contributed by atoms with Crippen molar-refractivity contribution in [1.82, 2.24) is 0 Å². The molecule has 0 bridgehead atoms. The fourth-order valence-electron chi connectivity index (χ4n) is 0.919. The molecule has 0 unspecified atom stereocenters. The minimum absolute atomic E-state index is 0.173. The van der Waals surface area contributed by atoms with Gasteiger partial charge in [-0.1, -0.05) is 0 Å². The molecule has 1 rings (SSSR count). The summed E-state index contributed by atoms with van der Waals surface area (Å²) >= 11 is 0. The first kappa shape index (κ1) is 8.16. The predicted octanol–water partition coefficient (Wildman–Crippen LogP) is -1.79. The average molecular weight is 161 g/mol. The van der Waals surface area contributed by atoms with Crippen LogP contribution in [0.4, 0.5) is 0 Å². The van der Waals surface area contributed by atoms with Crippen molar-refractivity contribution in [2.75, 3.05) is 13.2 Å². The third kappa shape index (κ3) is 1.38. The zero-order chi connectivity index (χ0) is 7.56. The molecule has 1 fully saturated rings. The van der Waals surface area contributed by atoms with Crippen LogP contribution in [0.1, 0.15) is 0 Å². The molecule has 0 saturated carbocycles.